The van der Waals surface area contributed by atoms with E-state index in [-0.39, 0.29) is 48.9 Å². The van der Waals surface area contributed by atoms with E-state index in [9.17, 15) is 9.90 Å². The summed E-state index contributed by atoms with van der Waals surface area (Å²) in [5.74, 6) is 1.25. The van der Waals surface area contributed by atoms with E-state index >= 15 is 0 Å². The van der Waals surface area contributed by atoms with Crippen molar-refractivity contribution < 1.29 is 30.0 Å². The molecular weight excluding hydrogens is 1230 g/mol. The second-order valence-electron chi connectivity index (χ2n) is 26.7. The number of aliphatic hydroxyl groups is 1. The molecule has 10 rings (SSSR count). The van der Waals surface area contributed by atoms with Gasteiger partial charge in [0, 0.05) is 65.7 Å². The molecule has 9 aromatic rings. The van der Waals surface area contributed by atoms with Crippen LogP contribution in [-0.2, 0) is 36.7 Å². The summed E-state index contributed by atoms with van der Waals surface area (Å²) in [7, 11) is 0. The van der Waals surface area contributed by atoms with Crippen molar-refractivity contribution in [1.82, 2.24) is 9.97 Å². The summed E-state index contributed by atoms with van der Waals surface area (Å²) >= 11 is 1.88. The van der Waals surface area contributed by atoms with E-state index in [2.05, 4.69) is 227 Å². The fourth-order valence-corrected chi connectivity index (χ4v) is 13.4. The van der Waals surface area contributed by atoms with Crippen LogP contribution in [0.25, 0.3) is 76.1 Å². The minimum atomic E-state index is 0. The molecule has 1 N–H and O–H groups in total. The van der Waals surface area contributed by atoms with Crippen LogP contribution in [0.2, 0.25) is 0 Å². The van der Waals surface area contributed by atoms with E-state index in [0.717, 1.165) is 65.6 Å². The summed E-state index contributed by atoms with van der Waals surface area (Å²) < 4.78 is 1.25. The van der Waals surface area contributed by atoms with Crippen LogP contribution in [0, 0.1) is 55.6 Å². The molecule has 0 amide bonds. The second-order valence-corrected chi connectivity index (χ2v) is 27.8. The molecule has 6 heteroatoms. The van der Waals surface area contributed by atoms with Crippen molar-refractivity contribution in [2.75, 3.05) is 0 Å². The zero-order chi connectivity index (χ0) is 60.5. The van der Waals surface area contributed by atoms with E-state index in [4.69, 9.17) is 4.98 Å². The second kappa shape index (κ2) is 28.9. The molecule has 0 saturated heterocycles. The molecule has 1 aliphatic carbocycles. The van der Waals surface area contributed by atoms with Gasteiger partial charge >= 0.3 is 0 Å². The van der Waals surface area contributed by atoms with Crippen molar-refractivity contribution in [3.63, 3.8) is 0 Å². The number of aliphatic hydroxyl groups excluding tert-OH is 1. The number of aryl methyl sites for hydroxylation is 3. The van der Waals surface area contributed by atoms with Crippen molar-refractivity contribution >= 4 is 38.0 Å². The first-order chi connectivity index (χ1) is 40.0. The predicted octanol–water partition coefficient (Wildman–Crippen LogP) is 22.8. The van der Waals surface area contributed by atoms with Crippen LogP contribution in [0.15, 0.2) is 158 Å². The van der Waals surface area contributed by atoms with Crippen molar-refractivity contribution in [1.29, 1.82) is 0 Å². The number of allylic oxidation sites excluding steroid dienone is 2. The maximum Gasteiger partial charge on any atom is 0.162 e. The molecule has 85 heavy (non-hydrogen) atoms. The Morgan fingerprint density at radius 3 is 1.82 bits per heavy atom. The van der Waals surface area contributed by atoms with Gasteiger partial charge in [-0.05, 0) is 155 Å². The van der Waals surface area contributed by atoms with Crippen LogP contribution in [0.4, 0.5) is 0 Å². The van der Waals surface area contributed by atoms with Gasteiger partial charge in [-0.15, -0.1) is 75.4 Å². The smallest absolute Gasteiger partial charge is 0.162 e. The summed E-state index contributed by atoms with van der Waals surface area (Å²) in [5.41, 5.74) is 19.1. The summed E-state index contributed by atoms with van der Waals surface area (Å²) in [6.07, 6.45) is 15.1. The van der Waals surface area contributed by atoms with Crippen LogP contribution in [0.1, 0.15) is 174 Å². The number of hydrogen-bond donors (Lipinski definition) is 1. The fourth-order valence-electron chi connectivity index (χ4n) is 12.1. The number of thiophene rings is 1. The minimum absolute atomic E-state index is 0. The number of pyridine rings is 2. The molecule has 6 aromatic carbocycles. The predicted molar refractivity (Wildman–Crippen MR) is 361 cm³/mol. The largest absolute Gasteiger partial charge is 0.512 e. The van der Waals surface area contributed by atoms with Gasteiger partial charge in [0.25, 0.3) is 0 Å². The molecule has 1 radical (unpaired) electrons. The number of ketones is 1. The van der Waals surface area contributed by atoms with E-state index in [1.54, 1.807) is 0 Å². The van der Waals surface area contributed by atoms with Crippen molar-refractivity contribution in [3.05, 3.63) is 203 Å². The van der Waals surface area contributed by atoms with E-state index < -0.39 is 0 Å². The molecule has 0 bridgehead atoms. The number of nitrogens with zero attached hydrogens (tertiary/aromatic N) is 2. The Bertz CT molecular complexity index is 3660. The van der Waals surface area contributed by atoms with Gasteiger partial charge in [0.1, 0.15) is 0 Å². The van der Waals surface area contributed by atoms with Crippen LogP contribution in [0.5, 0.6) is 0 Å². The van der Waals surface area contributed by atoms with E-state index in [0.29, 0.717) is 16.7 Å². The average molecular weight is 1330 g/mol. The number of aromatic nitrogens is 2. The maximum absolute atomic E-state index is 11.7. The molecule has 1 aliphatic rings. The summed E-state index contributed by atoms with van der Waals surface area (Å²) in [6, 6.07) is 56.0. The fraction of sp³-hybridized carbons (Fsp3) is 0.380. The van der Waals surface area contributed by atoms with Gasteiger partial charge in [-0.2, -0.15) is 0 Å². The summed E-state index contributed by atoms with van der Waals surface area (Å²) in [4.78, 5) is 22.6. The third-order valence-electron chi connectivity index (χ3n) is 17.2. The molecule has 1 fully saturated rings. The van der Waals surface area contributed by atoms with E-state index in [1.165, 1.54) is 108 Å². The molecule has 3 heterocycles. The molecule has 4 nitrogen and oxygen atoms in total. The summed E-state index contributed by atoms with van der Waals surface area (Å²) in [5, 5.41) is 13.5. The van der Waals surface area contributed by atoms with Gasteiger partial charge in [0.2, 0.25) is 0 Å². The van der Waals surface area contributed by atoms with E-state index in [1.807, 2.05) is 51.4 Å². The maximum atomic E-state index is 11.7. The number of hydrogen-bond acceptors (Lipinski definition) is 5. The van der Waals surface area contributed by atoms with Crippen LogP contribution < -0.4 is 0 Å². The Labute approximate surface area is 528 Å². The Kier molecular flexibility index (Phi) is 22.5. The van der Waals surface area contributed by atoms with Gasteiger partial charge in [-0.25, -0.2) is 0 Å². The van der Waals surface area contributed by atoms with Gasteiger partial charge in [-0.1, -0.05) is 205 Å². The number of carbonyl (C=O) groups is 1. The van der Waals surface area contributed by atoms with Gasteiger partial charge in [0.05, 0.1) is 5.76 Å². The van der Waals surface area contributed by atoms with Crippen molar-refractivity contribution in [2.24, 2.45) is 22.7 Å². The molecule has 0 atom stereocenters. The van der Waals surface area contributed by atoms with Gasteiger partial charge in [0.15, 0.2) is 5.78 Å². The molecule has 0 spiro atoms. The SMILES string of the molecule is CCC(CC)C(=O)/C=C(\O)C(CC)CC.Cc1[c-]c(-c2cc(-c3ccc(-c4ccc(CC(C)(C)C)cc4)cc3)ccn2)cc(C)c1.Cc1c(-c2ccc(C3CCC(C)(C)CC3)cc2)sc2c(-c3[c-]c4ccccc4c(C(C)(C)C)c3)nccc12.[Ir]. The molecular formula is C79H92IrN2O2S-2. The third kappa shape index (κ3) is 17.0. The number of benzene rings is 6. The minimum Gasteiger partial charge on any atom is -0.512 e. The summed E-state index contributed by atoms with van der Waals surface area (Å²) in [6.45, 7) is 33.1. The Balaban J connectivity index is 0.000000198. The number of carbonyl (C=O) groups excluding carboxylic acids is 1. The number of rotatable bonds is 14. The Morgan fingerprint density at radius 2 is 1.24 bits per heavy atom. The van der Waals surface area contributed by atoms with Crippen LogP contribution in [0.3, 0.4) is 0 Å². The normalized spacial score (nSPS) is 13.7. The van der Waals surface area contributed by atoms with Crippen LogP contribution >= 0.6 is 11.3 Å². The first kappa shape index (κ1) is 66.2. The zero-order valence-corrected chi connectivity index (χ0v) is 56.7. The average Bonchev–Trinajstić information content (AvgIpc) is 2.62. The molecule has 1 saturated carbocycles. The van der Waals surface area contributed by atoms with Gasteiger partial charge < -0.3 is 10.1 Å². The standard InChI is InChI=1S/C36H38NS.C30H30N.C13H24O2.Ir/c1-23-29-17-20-37-32(28-21-27-9-7-8-10-30(27)31(22-28)35(2,3)4)34(29)38-33(23)26-13-11-24(12-14-26)25-15-18-36(5,6)19-16-25;1-21-16-22(2)18-28(17-21)29-19-27(14-15-31-29)26-12-10-25(11-13-26)24-8-6-23(7-9-24)20-30(3,4)5;1-5-10(6-2)12(14)9-13(15)11(7-3)8-4;/h7-14,17,20,22,25H,15-16,18-19H2,1-6H3;6-17,19H,20H2,1-5H3;9-11,14H,5-8H2,1-4H3;/q2*-1;;/b;;12-9-;. The Hall–Kier alpha value is -6.30. The first-order valence-corrected chi connectivity index (χ1v) is 31.8. The quantitative estimate of drug-likeness (QED) is 0.0669. The van der Waals surface area contributed by atoms with Gasteiger partial charge in [-0.3, -0.25) is 9.78 Å². The zero-order valence-electron chi connectivity index (χ0n) is 53.5. The molecule has 0 aliphatic heterocycles. The molecule has 3 aromatic heterocycles. The van der Waals surface area contributed by atoms with Crippen molar-refractivity contribution in [3.8, 4) is 55.2 Å². The molecule has 0 unspecified atom stereocenters. The van der Waals surface area contributed by atoms with Crippen LogP contribution in [-0.4, -0.2) is 20.9 Å². The number of fused-ring (bicyclic) bond motifs is 2. The first-order valence-electron chi connectivity index (χ1n) is 31.0. The van der Waals surface area contributed by atoms with Crippen molar-refractivity contribution in [2.45, 2.75) is 173 Å². The Morgan fingerprint density at radius 1 is 0.659 bits per heavy atom. The third-order valence-corrected chi connectivity index (χ3v) is 18.5. The topological polar surface area (TPSA) is 63.1 Å². The molecule has 447 valence electrons. The monoisotopic (exact) mass is 1330 g/mol.